The predicted molar refractivity (Wildman–Crippen MR) is 72.3 cm³/mol. The molecule has 4 nitrogen and oxygen atoms in total. The normalized spacial score (nSPS) is 10.3. The molecule has 0 atom stereocenters. The van der Waals surface area contributed by atoms with E-state index in [1.54, 1.807) is 12.1 Å². The molecule has 2 rings (SSSR count). The number of carbonyl (C=O) groups is 1. The standard InChI is InChI=1S/C12H8BrClFN3O/c13-8-1-2-9(15)7(3-8)4-18-12(19)10-5-17-11(14)6-16-10/h1-3,5-6H,4H2,(H,18,19). The predicted octanol–water partition coefficient (Wildman–Crippen LogP) is 2.96. The van der Waals surface area contributed by atoms with Crippen molar-refractivity contribution in [2.45, 2.75) is 6.54 Å². The Morgan fingerprint density at radius 3 is 2.84 bits per heavy atom. The van der Waals surface area contributed by atoms with Gasteiger partial charge in [-0.05, 0) is 18.2 Å². The topological polar surface area (TPSA) is 54.9 Å². The number of amides is 1. The quantitative estimate of drug-likeness (QED) is 0.931. The van der Waals surface area contributed by atoms with Gasteiger partial charge in [0.25, 0.3) is 5.91 Å². The van der Waals surface area contributed by atoms with Crippen LogP contribution in [0.3, 0.4) is 0 Å². The van der Waals surface area contributed by atoms with Crippen molar-refractivity contribution in [3.63, 3.8) is 0 Å². The second-order valence-corrected chi connectivity index (χ2v) is 4.95. The lowest BCUT2D eigenvalue weighted by atomic mass is 10.2. The molecule has 0 saturated heterocycles. The van der Waals surface area contributed by atoms with Crippen LogP contribution in [-0.4, -0.2) is 15.9 Å². The second-order valence-electron chi connectivity index (χ2n) is 3.64. The number of benzene rings is 1. The summed E-state index contributed by atoms with van der Waals surface area (Å²) in [4.78, 5) is 19.3. The van der Waals surface area contributed by atoms with Gasteiger partial charge in [0, 0.05) is 16.6 Å². The Labute approximate surface area is 122 Å². The summed E-state index contributed by atoms with van der Waals surface area (Å²) in [7, 11) is 0. The van der Waals surface area contributed by atoms with Gasteiger partial charge in [0.15, 0.2) is 0 Å². The van der Waals surface area contributed by atoms with Crippen molar-refractivity contribution in [2.24, 2.45) is 0 Å². The zero-order valence-corrected chi connectivity index (χ0v) is 11.9. The maximum Gasteiger partial charge on any atom is 0.271 e. The van der Waals surface area contributed by atoms with E-state index < -0.39 is 5.91 Å². The Morgan fingerprint density at radius 1 is 1.37 bits per heavy atom. The van der Waals surface area contributed by atoms with Crippen molar-refractivity contribution >= 4 is 33.4 Å². The van der Waals surface area contributed by atoms with Gasteiger partial charge < -0.3 is 5.32 Å². The van der Waals surface area contributed by atoms with E-state index in [0.717, 1.165) is 4.47 Å². The van der Waals surface area contributed by atoms with Crippen LogP contribution >= 0.6 is 27.5 Å². The number of rotatable bonds is 3. The van der Waals surface area contributed by atoms with E-state index >= 15 is 0 Å². The highest BCUT2D eigenvalue weighted by Crippen LogP contribution is 2.15. The molecule has 1 aromatic heterocycles. The van der Waals surface area contributed by atoms with Crippen LogP contribution in [0.15, 0.2) is 35.1 Å². The van der Waals surface area contributed by atoms with Crippen molar-refractivity contribution in [1.82, 2.24) is 15.3 Å². The van der Waals surface area contributed by atoms with E-state index in [9.17, 15) is 9.18 Å². The fraction of sp³-hybridized carbons (Fsp3) is 0.0833. The van der Waals surface area contributed by atoms with E-state index in [0.29, 0.717) is 5.56 Å². The van der Waals surface area contributed by atoms with E-state index in [-0.39, 0.29) is 23.2 Å². The number of carbonyl (C=O) groups excluding carboxylic acids is 1. The minimum Gasteiger partial charge on any atom is -0.346 e. The largest absolute Gasteiger partial charge is 0.346 e. The van der Waals surface area contributed by atoms with E-state index in [1.165, 1.54) is 18.5 Å². The number of aromatic nitrogens is 2. The molecule has 0 aliphatic carbocycles. The first-order valence-electron chi connectivity index (χ1n) is 5.26. The van der Waals surface area contributed by atoms with Gasteiger partial charge in [-0.25, -0.2) is 14.4 Å². The number of halogens is 3. The molecule has 1 heterocycles. The molecule has 1 aromatic carbocycles. The van der Waals surface area contributed by atoms with Crippen LogP contribution < -0.4 is 5.32 Å². The average Bonchev–Trinajstić information content (AvgIpc) is 2.40. The summed E-state index contributed by atoms with van der Waals surface area (Å²) < 4.78 is 14.2. The molecule has 2 aromatic rings. The summed E-state index contributed by atoms with van der Waals surface area (Å²) in [6, 6.07) is 4.52. The second kappa shape index (κ2) is 6.08. The lowest BCUT2D eigenvalue weighted by Gasteiger charge is -2.06. The first kappa shape index (κ1) is 13.9. The molecule has 0 fully saturated rings. The highest BCUT2D eigenvalue weighted by atomic mass is 79.9. The lowest BCUT2D eigenvalue weighted by molar-refractivity contribution is 0.0945. The third-order valence-corrected chi connectivity index (χ3v) is 2.99. The smallest absolute Gasteiger partial charge is 0.271 e. The molecule has 1 N–H and O–H groups in total. The third kappa shape index (κ3) is 3.71. The van der Waals surface area contributed by atoms with Crippen molar-refractivity contribution in [3.05, 3.63) is 57.3 Å². The van der Waals surface area contributed by atoms with Gasteiger partial charge in [0.05, 0.1) is 12.4 Å². The van der Waals surface area contributed by atoms with Crippen molar-refractivity contribution in [3.8, 4) is 0 Å². The molecule has 19 heavy (non-hydrogen) atoms. The van der Waals surface area contributed by atoms with Crippen molar-refractivity contribution in [1.29, 1.82) is 0 Å². The highest BCUT2D eigenvalue weighted by molar-refractivity contribution is 9.10. The third-order valence-electron chi connectivity index (χ3n) is 2.30. The maximum absolute atomic E-state index is 13.5. The molecule has 0 bridgehead atoms. The van der Waals surface area contributed by atoms with Crippen LogP contribution in [0.5, 0.6) is 0 Å². The van der Waals surface area contributed by atoms with Crippen molar-refractivity contribution < 1.29 is 9.18 Å². The lowest BCUT2D eigenvalue weighted by Crippen LogP contribution is -2.24. The monoisotopic (exact) mass is 343 g/mol. The van der Waals surface area contributed by atoms with E-state index in [1.807, 2.05) is 0 Å². The Kier molecular flexibility index (Phi) is 4.44. The van der Waals surface area contributed by atoms with Gasteiger partial charge in [0.1, 0.15) is 16.7 Å². The van der Waals surface area contributed by atoms with Gasteiger partial charge in [0.2, 0.25) is 0 Å². The molecule has 7 heteroatoms. The molecule has 1 amide bonds. The van der Waals surface area contributed by atoms with Crippen LogP contribution in [0.1, 0.15) is 16.1 Å². The number of nitrogens with zero attached hydrogens (tertiary/aromatic N) is 2. The summed E-state index contributed by atoms with van der Waals surface area (Å²) in [6.45, 7) is 0.0639. The number of hydrogen-bond acceptors (Lipinski definition) is 3. The zero-order valence-electron chi connectivity index (χ0n) is 9.53. The molecule has 0 spiro atoms. The van der Waals surface area contributed by atoms with Crippen molar-refractivity contribution in [2.75, 3.05) is 0 Å². The Morgan fingerprint density at radius 2 is 2.16 bits per heavy atom. The fourth-order valence-electron chi connectivity index (χ4n) is 1.37. The summed E-state index contributed by atoms with van der Waals surface area (Å²) in [5.74, 6) is -0.825. The fourth-order valence-corrected chi connectivity index (χ4v) is 1.88. The maximum atomic E-state index is 13.5. The van der Waals surface area contributed by atoms with Gasteiger partial charge in [-0.1, -0.05) is 27.5 Å². The SMILES string of the molecule is O=C(NCc1cc(Br)ccc1F)c1cnc(Cl)cn1. The summed E-state index contributed by atoms with van der Waals surface area (Å²) in [6.07, 6.45) is 2.53. The molecule has 0 unspecified atom stereocenters. The summed E-state index contributed by atoms with van der Waals surface area (Å²) in [5, 5.41) is 2.76. The molecule has 0 radical (unpaired) electrons. The first-order chi connectivity index (χ1) is 9.06. The number of nitrogens with one attached hydrogen (secondary N) is 1. The van der Waals surface area contributed by atoms with Gasteiger partial charge >= 0.3 is 0 Å². The molecular weight excluding hydrogens is 337 g/mol. The van der Waals surface area contributed by atoms with Crippen LogP contribution in [0.2, 0.25) is 5.15 Å². The van der Waals surface area contributed by atoms with Crippen LogP contribution in [0.4, 0.5) is 4.39 Å². The first-order valence-corrected chi connectivity index (χ1v) is 6.43. The minimum atomic E-state index is -0.441. The zero-order chi connectivity index (χ0) is 13.8. The molecular formula is C12H8BrClFN3O. The number of hydrogen-bond donors (Lipinski definition) is 1. The highest BCUT2D eigenvalue weighted by Gasteiger charge is 2.09. The van der Waals surface area contributed by atoms with E-state index in [2.05, 4.69) is 31.2 Å². The average molecular weight is 345 g/mol. The Hall–Kier alpha value is -1.53. The van der Waals surface area contributed by atoms with Gasteiger partial charge in [-0.2, -0.15) is 0 Å². The molecule has 0 aliphatic rings. The summed E-state index contributed by atoms with van der Waals surface area (Å²) in [5.41, 5.74) is 0.504. The van der Waals surface area contributed by atoms with Crippen LogP contribution in [0, 0.1) is 5.82 Å². The Balaban J connectivity index is 2.04. The Bertz CT molecular complexity index is 606. The molecule has 98 valence electrons. The minimum absolute atomic E-state index is 0.0639. The van der Waals surface area contributed by atoms with E-state index in [4.69, 9.17) is 11.6 Å². The summed E-state index contributed by atoms with van der Waals surface area (Å²) >= 11 is 8.81. The van der Waals surface area contributed by atoms with Crippen LogP contribution in [0.25, 0.3) is 0 Å². The van der Waals surface area contributed by atoms with Gasteiger partial charge in [-0.15, -0.1) is 0 Å². The molecule has 0 saturated carbocycles. The van der Waals surface area contributed by atoms with Crippen LogP contribution in [-0.2, 0) is 6.54 Å². The van der Waals surface area contributed by atoms with Gasteiger partial charge in [-0.3, -0.25) is 4.79 Å². The molecule has 0 aliphatic heterocycles.